The molecule has 5 nitrogen and oxygen atoms in total. The molecule has 1 aromatic rings. The molecule has 2 aliphatic heterocycles. The van der Waals surface area contributed by atoms with E-state index in [-0.39, 0.29) is 18.2 Å². The number of carbonyl (C=O) groups excluding carboxylic acids is 1. The molecule has 0 aromatic carbocycles. The molecule has 2 unspecified atom stereocenters. The van der Waals surface area contributed by atoms with E-state index in [2.05, 4.69) is 16.0 Å². The summed E-state index contributed by atoms with van der Waals surface area (Å²) in [6.07, 6.45) is 9.80. The van der Waals surface area contributed by atoms with Gasteiger partial charge in [0.25, 0.3) is 0 Å². The van der Waals surface area contributed by atoms with Crippen LogP contribution in [-0.4, -0.2) is 38.6 Å². The molecule has 1 aromatic heterocycles. The number of nitrogens with zero attached hydrogens (tertiary/aromatic N) is 3. The average Bonchev–Trinajstić information content (AvgIpc) is 2.44. The van der Waals surface area contributed by atoms with E-state index in [4.69, 9.17) is 4.74 Å². The van der Waals surface area contributed by atoms with Crippen molar-refractivity contribution < 1.29 is 9.53 Å². The molecule has 2 bridgehead atoms. The predicted molar refractivity (Wildman–Crippen MR) is 88.9 cm³/mol. The van der Waals surface area contributed by atoms with Crippen LogP contribution in [0.5, 0.6) is 0 Å². The fourth-order valence-electron chi connectivity index (χ4n) is 3.40. The Kier molecular flexibility index (Phi) is 4.13. The summed E-state index contributed by atoms with van der Waals surface area (Å²) >= 11 is 0. The third-order valence-corrected chi connectivity index (χ3v) is 4.39. The van der Waals surface area contributed by atoms with E-state index in [9.17, 15) is 4.79 Å². The zero-order valence-corrected chi connectivity index (χ0v) is 14.4. The topological polar surface area (TPSA) is 55.3 Å². The fourth-order valence-corrected chi connectivity index (χ4v) is 3.40. The molecule has 5 heteroatoms. The summed E-state index contributed by atoms with van der Waals surface area (Å²) in [6.45, 7) is 7.62. The molecule has 0 spiro atoms. The van der Waals surface area contributed by atoms with Gasteiger partial charge < -0.3 is 4.74 Å². The van der Waals surface area contributed by atoms with Gasteiger partial charge in [-0.2, -0.15) is 0 Å². The summed E-state index contributed by atoms with van der Waals surface area (Å²) in [7, 11) is 0. The van der Waals surface area contributed by atoms with Crippen molar-refractivity contribution in [3.63, 3.8) is 0 Å². The van der Waals surface area contributed by atoms with Crippen LogP contribution in [0.4, 0.5) is 4.79 Å². The fraction of sp³-hybridized carbons (Fsp3) is 0.611. The highest BCUT2D eigenvalue weighted by Gasteiger charge is 2.39. The minimum atomic E-state index is -0.458. The first kappa shape index (κ1) is 16.0. The highest BCUT2D eigenvalue weighted by molar-refractivity contribution is 5.74. The van der Waals surface area contributed by atoms with E-state index >= 15 is 0 Å². The van der Waals surface area contributed by atoms with Gasteiger partial charge in [-0.05, 0) is 59.0 Å². The van der Waals surface area contributed by atoms with Crippen molar-refractivity contribution in [3.8, 4) is 0 Å². The smallest absolute Gasteiger partial charge is 0.411 e. The van der Waals surface area contributed by atoms with Crippen LogP contribution in [0.3, 0.4) is 0 Å². The van der Waals surface area contributed by atoms with Crippen LogP contribution < -0.4 is 0 Å². The monoisotopic (exact) mass is 315 g/mol. The maximum atomic E-state index is 12.6. The summed E-state index contributed by atoms with van der Waals surface area (Å²) in [5.41, 5.74) is 1.86. The van der Waals surface area contributed by atoms with Crippen LogP contribution in [-0.2, 0) is 4.74 Å². The van der Waals surface area contributed by atoms with Crippen molar-refractivity contribution in [2.24, 2.45) is 0 Å². The molecule has 1 saturated heterocycles. The van der Waals surface area contributed by atoms with Gasteiger partial charge in [0, 0.05) is 24.0 Å². The Bertz CT molecular complexity index is 616. The second-order valence-corrected chi connectivity index (χ2v) is 7.45. The van der Waals surface area contributed by atoms with Gasteiger partial charge in [-0.25, -0.2) is 14.8 Å². The lowest BCUT2D eigenvalue weighted by Gasteiger charge is -2.45. The Labute approximate surface area is 137 Å². The number of fused-ring (bicyclic) bond motifs is 2. The molecule has 0 aliphatic carbocycles. The normalized spacial score (nSPS) is 24.2. The summed E-state index contributed by atoms with van der Waals surface area (Å²) in [6, 6.07) is 0.332. The maximum Gasteiger partial charge on any atom is 0.411 e. The summed E-state index contributed by atoms with van der Waals surface area (Å²) in [4.78, 5) is 23.1. The van der Waals surface area contributed by atoms with E-state index in [0.29, 0.717) is 0 Å². The molecule has 23 heavy (non-hydrogen) atoms. The first-order chi connectivity index (χ1) is 10.8. The SMILES string of the molecule is Cc1ncc(C2=CC3CCCC(C2)N3C(=O)OC(C)(C)C)cn1. The molecule has 0 saturated carbocycles. The molecule has 0 N–H and O–H groups in total. The molecule has 1 fully saturated rings. The van der Waals surface area contributed by atoms with Gasteiger partial charge in [0.05, 0.1) is 6.04 Å². The lowest BCUT2D eigenvalue weighted by molar-refractivity contribution is 0.0000851. The van der Waals surface area contributed by atoms with Crippen molar-refractivity contribution in [3.05, 3.63) is 29.9 Å². The van der Waals surface area contributed by atoms with Crippen LogP contribution >= 0.6 is 0 Å². The van der Waals surface area contributed by atoms with Gasteiger partial charge in [0.2, 0.25) is 0 Å². The first-order valence-corrected chi connectivity index (χ1v) is 8.34. The van der Waals surface area contributed by atoms with Crippen LogP contribution in [0.15, 0.2) is 18.5 Å². The van der Waals surface area contributed by atoms with E-state index in [1.54, 1.807) is 0 Å². The van der Waals surface area contributed by atoms with Crippen LogP contribution in [0.2, 0.25) is 0 Å². The number of piperidine rings is 1. The number of aromatic nitrogens is 2. The number of rotatable bonds is 1. The van der Waals surface area contributed by atoms with Crippen LogP contribution in [0.25, 0.3) is 5.57 Å². The number of carbonyl (C=O) groups is 1. The zero-order chi connectivity index (χ0) is 16.6. The minimum Gasteiger partial charge on any atom is -0.444 e. The van der Waals surface area contributed by atoms with Crippen molar-refractivity contribution in [2.75, 3.05) is 0 Å². The first-order valence-electron chi connectivity index (χ1n) is 8.34. The molecule has 2 aliphatic rings. The predicted octanol–water partition coefficient (Wildman–Crippen LogP) is 3.73. The Hall–Kier alpha value is -1.91. The molecule has 3 heterocycles. The second-order valence-electron chi connectivity index (χ2n) is 7.45. The van der Waals surface area contributed by atoms with E-state index in [1.165, 1.54) is 5.57 Å². The molecule has 0 radical (unpaired) electrons. The van der Waals surface area contributed by atoms with Crippen LogP contribution in [0, 0.1) is 6.92 Å². The molecular formula is C18H25N3O2. The molecule has 124 valence electrons. The van der Waals surface area contributed by atoms with Gasteiger partial charge >= 0.3 is 6.09 Å². The molecular weight excluding hydrogens is 290 g/mol. The highest BCUT2D eigenvalue weighted by atomic mass is 16.6. The zero-order valence-electron chi connectivity index (χ0n) is 14.4. The number of hydrogen-bond acceptors (Lipinski definition) is 4. The molecule has 2 atom stereocenters. The van der Waals surface area contributed by atoms with Crippen molar-refractivity contribution in [1.29, 1.82) is 0 Å². The van der Waals surface area contributed by atoms with Gasteiger partial charge in [0.1, 0.15) is 11.4 Å². The lowest BCUT2D eigenvalue weighted by Crippen LogP contribution is -2.53. The van der Waals surface area contributed by atoms with Gasteiger partial charge in [-0.1, -0.05) is 6.08 Å². The van der Waals surface area contributed by atoms with Crippen molar-refractivity contribution in [2.45, 2.75) is 71.1 Å². The quantitative estimate of drug-likeness (QED) is 0.792. The molecule has 3 rings (SSSR count). The Balaban J connectivity index is 1.84. The minimum absolute atomic E-state index is 0.119. The average molecular weight is 315 g/mol. The van der Waals surface area contributed by atoms with Gasteiger partial charge in [0.15, 0.2) is 0 Å². The third-order valence-electron chi connectivity index (χ3n) is 4.39. The number of ether oxygens (including phenoxy) is 1. The summed E-state index contributed by atoms with van der Waals surface area (Å²) in [5, 5.41) is 0. The standard InChI is InChI=1S/C18H25N3O2/c1-12-19-10-14(11-20-12)13-8-15-6-5-7-16(9-13)21(15)17(22)23-18(2,3)4/h8,10-11,15-16H,5-7,9H2,1-4H3. The lowest BCUT2D eigenvalue weighted by atomic mass is 9.83. The van der Waals surface area contributed by atoms with Gasteiger partial charge in [-0.15, -0.1) is 0 Å². The molecule has 1 amide bonds. The van der Waals surface area contributed by atoms with Crippen molar-refractivity contribution in [1.82, 2.24) is 14.9 Å². The maximum absolute atomic E-state index is 12.6. The summed E-state index contributed by atoms with van der Waals surface area (Å²) in [5.74, 6) is 0.778. The highest BCUT2D eigenvalue weighted by Crippen LogP contribution is 2.37. The summed E-state index contributed by atoms with van der Waals surface area (Å²) < 4.78 is 5.60. The van der Waals surface area contributed by atoms with Crippen molar-refractivity contribution >= 4 is 11.7 Å². The number of hydrogen-bond donors (Lipinski definition) is 0. The van der Waals surface area contributed by atoms with Crippen LogP contribution in [0.1, 0.15) is 57.8 Å². The Morgan fingerprint density at radius 2 is 1.96 bits per heavy atom. The largest absolute Gasteiger partial charge is 0.444 e. The number of aryl methyl sites for hydroxylation is 1. The van der Waals surface area contributed by atoms with E-state index < -0.39 is 5.60 Å². The second kappa shape index (κ2) is 5.95. The van der Waals surface area contributed by atoms with Gasteiger partial charge in [-0.3, -0.25) is 4.90 Å². The van der Waals surface area contributed by atoms with E-state index in [0.717, 1.165) is 37.1 Å². The third kappa shape index (κ3) is 3.54. The Morgan fingerprint density at radius 1 is 1.26 bits per heavy atom. The number of amides is 1. The van der Waals surface area contributed by atoms with E-state index in [1.807, 2.05) is 45.0 Å². The Morgan fingerprint density at radius 3 is 2.57 bits per heavy atom.